The first-order valence-corrected chi connectivity index (χ1v) is 7.16. The molecule has 0 bridgehead atoms. The first-order chi connectivity index (χ1) is 11.1. The molecule has 2 aromatic rings. The number of anilines is 2. The van der Waals surface area contributed by atoms with Crippen molar-refractivity contribution in [2.45, 2.75) is 19.8 Å². The van der Waals surface area contributed by atoms with E-state index in [2.05, 4.69) is 15.6 Å². The summed E-state index contributed by atoms with van der Waals surface area (Å²) in [5, 5.41) is 5.44. The van der Waals surface area contributed by atoms with Gasteiger partial charge in [0.15, 0.2) is 0 Å². The summed E-state index contributed by atoms with van der Waals surface area (Å²) in [5.41, 5.74) is 1.39. The molecular formula is C17H17N3O3. The molecule has 0 unspecified atom stereocenters. The van der Waals surface area contributed by atoms with Gasteiger partial charge < -0.3 is 15.4 Å². The van der Waals surface area contributed by atoms with Crippen molar-refractivity contribution in [1.29, 1.82) is 0 Å². The maximum absolute atomic E-state index is 12.2. The second-order valence-corrected chi connectivity index (χ2v) is 4.99. The molecule has 0 saturated carbocycles. The van der Waals surface area contributed by atoms with Gasteiger partial charge in [-0.05, 0) is 31.2 Å². The zero-order valence-corrected chi connectivity index (χ0v) is 12.7. The van der Waals surface area contributed by atoms with E-state index in [4.69, 9.17) is 0 Å². The van der Waals surface area contributed by atoms with E-state index < -0.39 is 0 Å². The van der Waals surface area contributed by atoms with Crippen LogP contribution in [0.4, 0.5) is 11.4 Å². The fourth-order valence-corrected chi connectivity index (χ4v) is 1.89. The average molecular weight is 311 g/mol. The van der Waals surface area contributed by atoms with Crippen molar-refractivity contribution < 1.29 is 14.4 Å². The number of nitrogens with zero attached hydrogens (tertiary/aromatic N) is 1. The van der Waals surface area contributed by atoms with Crippen LogP contribution < -0.4 is 10.6 Å². The number of carbonyl (C=O) groups is 3. The molecule has 23 heavy (non-hydrogen) atoms. The molecule has 2 rings (SSSR count). The summed E-state index contributed by atoms with van der Waals surface area (Å²) in [5.74, 6) is -0.634. The topological polar surface area (TPSA) is 88.2 Å². The molecule has 1 heterocycles. The Morgan fingerprint density at radius 1 is 0.957 bits per heavy atom. The van der Waals surface area contributed by atoms with Gasteiger partial charge in [-0.2, -0.15) is 0 Å². The van der Waals surface area contributed by atoms with Crippen molar-refractivity contribution in [2.75, 3.05) is 10.6 Å². The van der Waals surface area contributed by atoms with E-state index in [1.807, 2.05) is 0 Å². The molecule has 0 fully saturated rings. The highest BCUT2D eigenvalue weighted by Gasteiger charge is 2.11. The summed E-state index contributed by atoms with van der Waals surface area (Å²) in [6.45, 7) is 1.44. The lowest BCUT2D eigenvalue weighted by molar-refractivity contribution is -0.121. The van der Waals surface area contributed by atoms with Gasteiger partial charge in [-0.15, -0.1) is 0 Å². The predicted molar refractivity (Wildman–Crippen MR) is 87.2 cm³/mol. The van der Waals surface area contributed by atoms with E-state index >= 15 is 0 Å². The van der Waals surface area contributed by atoms with Crippen LogP contribution in [0, 0.1) is 0 Å². The molecule has 0 aliphatic rings. The van der Waals surface area contributed by atoms with Crippen molar-refractivity contribution >= 4 is 29.0 Å². The number of hydrogen-bond donors (Lipinski definition) is 2. The van der Waals surface area contributed by atoms with Crippen molar-refractivity contribution in [3.05, 3.63) is 54.4 Å². The number of hydrogen-bond acceptors (Lipinski definition) is 4. The largest absolute Gasteiger partial charge is 0.324 e. The minimum atomic E-state index is -0.316. The fraction of sp³-hybridized carbons (Fsp3) is 0.176. The standard InChI is InChI=1S/C17H17N3O3/c1-12(21)8-9-16(22)19-14-6-2-3-7-15(14)20-17(23)13-5-4-10-18-11-13/h2-7,10-11H,8-9H2,1H3,(H,19,22)(H,20,23). The van der Waals surface area contributed by atoms with Crippen LogP contribution in [-0.2, 0) is 9.59 Å². The number of benzene rings is 1. The number of ketones is 1. The number of para-hydroxylation sites is 2. The highest BCUT2D eigenvalue weighted by Crippen LogP contribution is 2.22. The molecule has 1 aromatic carbocycles. The number of carbonyl (C=O) groups excluding carboxylic acids is 3. The minimum absolute atomic E-state index is 0.0432. The van der Waals surface area contributed by atoms with Crippen molar-refractivity contribution in [3.63, 3.8) is 0 Å². The average Bonchev–Trinajstić information content (AvgIpc) is 2.55. The highest BCUT2D eigenvalue weighted by atomic mass is 16.2. The van der Waals surface area contributed by atoms with Crippen LogP contribution in [0.1, 0.15) is 30.1 Å². The molecule has 118 valence electrons. The van der Waals surface area contributed by atoms with Gasteiger partial charge in [0.05, 0.1) is 16.9 Å². The molecule has 1 aromatic heterocycles. The lowest BCUT2D eigenvalue weighted by atomic mass is 10.2. The fourth-order valence-electron chi connectivity index (χ4n) is 1.89. The van der Waals surface area contributed by atoms with Crippen LogP contribution in [0.3, 0.4) is 0 Å². The Morgan fingerprint density at radius 2 is 1.65 bits per heavy atom. The molecule has 0 saturated heterocycles. The molecule has 2 amide bonds. The smallest absolute Gasteiger partial charge is 0.257 e. The number of aromatic nitrogens is 1. The van der Waals surface area contributed by atoms with Crippen LogP contribution in [-0.4, -0.2) is 22.6 Å². The highest BCUT2D eigenvalue weighted by molar-refractivity contribution is 6.07. The summed E-state index contributed by atoms with van der Waals surface area (Å²) in [4.78, 5) is 38.8. The van der Waals surface area contributed by atoms with Gasteiger partial charge in [0.1, 0.15) is 5.78 Å². The second kappa shape index (κ2) is 7.84. The monoisotopic (exact) mass is 311 g/mol. The van der Waals surface area contributed by atoms with Gasteiger partial charge in [0.25, 0.3) is 5.91 Å². The molecule has 0 aliphatic heterocycles. The summed E-state index contributed by atoms with van der Waals surface area (Å²) in [6.07, 6.45) is 3.35. The predicted octanol–water partition coefficient (Wildman–Crippen LogP) is 2.64. The Kier molecular flexibility index (Phi) is 5.57. The Morgan fingerprint density at radius 3 is 2.26 bits per heavy atom. The van der Waals surface area contributed by atoms with Gasteiger partial charge >= 0.3 is 0 Å². The van der Waals surface area contributed by atoms with E-state index in [-0.39, 0.29) is 30.4 Å². The van der Waals surface area contributed by atoms with Crippen LogP contribution in [0.15, 0.2) is 48.8 Å². The molecule has 6 heteroatoms. The molecule has 2 N–H and O–H groups in total. The SMILES string of the molecule is CC(=O)CCC(=O)Nc1ccccc1NC(=O)c1cccnc1. The number of amides is 2. The maximum Gasteiger partial charge on any atom is 0.257 e. The molecular weight excluding hydrogens is 294 g/mol. The van der Waals surface area contributed by atoms with Crippen molar-refractivity contribution in [1.82, 2.24) is 4.98 Å². The quantitative estimate of drug-likeness (QED) is 0.858. The lowest BCUT2D eigenvalue weighted by Gasteiger charge is -2.12. The first kappa shape index (κ1) is 16.4. The van der Waals surface area contributed by atoms with Crippen LogP contribution >= 0.6 is 0 Å². The van der Waals surface area contributed by atoms with Crippen LogP contribution in [0.5, 0.6) is 0 Å². The number of rotatable bonds is 6. The number of nitrogens with one attached hydrogen (secondary N) is 2. The van der Waals surface area contributed by atoms with Gasteiger partial charge in [-0.25, -0.2) is 0 Å². The Labute approximate surface area is 133 Å². The third kappa shape index (κ3) is 5.03. The third-order valence-electron chi connectivity index (χ3n) is 3.08. The van der Waals surface area contributed by atoms with E-state index in [9.17, 15) is 14.4 Å². The normalized spacial score (nSPS) is 9.96. The zero-order valence-electron chi connectivity index (χ0n) is 12.7. The van der Waals surface area contributed by atoms with Gasteiger partial charge in [0, 0.05) is 25.2 Å². The Balaban J connectivity index is 2.07. The van der Waals surface area contributed by atoms with E-state index in [0.717, 1.165) is 0 Å². The Hall–Kier alpha value is -3.02. The third-order valence-corrected chi connectivity index (χ3v) is 3.08. The molecule has 0 aliphatic carbocycles. The van der Waals surface area contributed by atoms with Crippen LogP contribution in [0.25, 0.3) is 0 Å². The lowest BCUT2D eigenvalue weighted by Crippen LogP contribution is -2.17. The van der Waals surface area contributed by atoms with Crippen LogP contribution in [0.2, 0.25) is 0 Å². The molecule has 0 atom stereocenters. The zero-order chi connectivity index (χ0) is 16.7. The summed E-state index contributed by atoms with van der Waals surface area (Å²) >= 11 is 0. The van der Waals surface area contributed by atoms with E-state index in [0.29, 0.717) is 16.9 Å². The Bertz CT molecular complexity index is 714. The first-order valence-electron chi connectivity index (χ1n) is 7.16. The van der Waals surface area contributed by atoms with Crippen molar-refractivity contribution in [3.8, 4) is 0 Å². The summed E-state index contributed by atoms with van der Waals surface area (Å²) in [6, 6.07) is 10.2. The number of Topliss-reactive ketones (excluding diaryl/α,β-unsaturated/α-hetero) is 1. The minimum Gasteiger partial charge on any atom is -0.324 e. The second-order valence-electron chi connectivity index (χ2n) is 4.99. The van der Waals surface area contributed by atoms with Crippen molar-refractivity contribution in [2.24, 2.45) is 0 Å². The maximum atomic E-state index is 12.2. The molecule has 0 spiro atoms. The van der Waals surface area contributed by atoms with Gasteiger partial charge in [0.2, 0.25) is 5.91 Å². The molecule has 0 radical (unpaired) electrons. The van der Waals surface area contributed by atoms with Gasteiger partial charge in [-0.3, -0.25) is 14.6 Å². The molecule has 6 nitrogen and oxygen atoms in total. The van der Waals surface area contributed by atoms with E-state index in [1.54, 1.807) is 42.6 Å². The number of pyridine rings is 1. The summed E-state index contributed by atoms with van der Waals surface area (Å²) < 4.78 is 0. The van der Waals surface area contributed by atoms with Gasteiger partial charge in [-0.1, -0.05) is 12.1 Å². The van der Waals surface area contributed by atoms with E-state index in [1.165, 1.54) is 13.1 Å². The summed E-state index contributed by atoms with van der Waals surface area (Å²) in [7, 11) is 0.